The summed E-state index contributed by atoms with van der Waals surface area (Å²) in [6, 6.07) is 0. The molecule has 0 aromatic heterocycles. The van der Waals surface area contributed by atoms with E-state index < -0.39 is 6.08 Å². The van der Waals surface area contributed by atoms with Crippen LogP contribution in [0.2, 0.25) is 0 Å². The van der Waals surface area contributed by atoms with Crippen molar-refractivity contribution in [3.63, 3.8) is 0 Å². The standard InChI is InChI=1S/C8H9F2NOS2/c9-6(10)2-1-5-13-8-4-3-7(11-12)14-8/h2-4,8,12H,1,5H2. The first-order valence-electron chi connectivity index (χ1n) is 3.92. The zero-order valence-corrected chi connectivity index (χ0v) is 8.82. The second-order valence-corrected chi connectivity index (χ2v) is 5.15. The molecule has 78 valence electrons. The van der Waals surface area contributed by atoms with E-state index >= 15 is 0 Å². The third kappa shape index (κ3) is 4.15. The van der Waals surface area contributed by atoms with Crippen LogP contribution >= 0.6 is 23.5 Å². The van der Waals surface area contributed by atoms with Gasteiger partial charge in [0.25, 0.3) is 6.08 Å². The van der Waals surface area contributed by atoms with E-state index in [9.17, 15) is 8.78 Å². The van der Waals surface area contributed by atoms with Gasteiger partial charge in [0.1, 0.15) is 5.04 Å². The van der Waals surface area contributed by atoms with E-state index in [1.165, 1.54) is 11.8 Å². The molecule has 6 heteroatoms. The highest BCUT2D eigenvalue weighted by Gasteiger charge is 2.15. The summed E-state index contributed by atoms with van der Waals surface area (Å²) in [6.07, 6.45) is 3.26. The summed E-state index contributed by atoms with van der Waals surface area (Å²) in [5.41, 5.74) is 0. The molecule has 1 unspecified atom stereocenters. The van der Waals surface area contributed by atoms with Gasteiger partial charge in [0, 0.05) is 0 Å². The Bertz CT molecular complexity index is 275. The van der Waals surface area contributed by atoms with Crippen molar-refractivity contribution in [3.05, 3.63) is 24.3 Å². The van der Waals surface area contributed by atoms with Crippen LogP contribution in [-0.4, -0.2) is 20.6 Å². The monoisotopic (exact) mass is 237 g/mol. The van der Waals surface area contributed by atoms with Crippen LogP contribution in [-0.2, 0) is 0 Å². The smallest absolute Gasteiger partial charge is 0.266 e. The number of halogens is 2. The summed E-state index contributed by atoms with van der Waals surface area (Å²) in [5, 5.41) is 12.0. The number of hydrogen-bond donors (Lipinski definition) is 1. The molecule has 0 saturated carbocycles. The second kappa shape index (κ2) is 6.08. The molecule has 1 aliphatic rings. The maximum absolute atomic E-state index is 11.6. The average molecular weight is 237 g/mol. The number of hydrogen-bond acceptors (Lipinski definition) is 4. The molecule has 2 nitrogen and oxygen atoms in total. The van der Waals surface area contributed by atoms with Crippen LogP contribution < -0.4 is 0 Å². The van der Waals surface area contributed by atoms with Crippen LogP contribution in [0, 0.1) is 0 Å². The van der Waals surface area contributed by atoms with E-state index in [4.69, 9.17) is 5.21 Å². The predicted molar refractivity (Wildman–Crippen MR) is 57.1 cm³/mol. The van der Waals surface area contributed by atoms with E-state index in [2.05, 4.69) is 5.16 Å². The minimum absolute atomic E-state index is 0.178. The molecule has 14 heavy (non-hydrogen) atoms. The SMILES string of the molecule is ON=C1C=CC(SCCC=C(F)F)S1. The largest absolute Gasteiger partial charge is 0.410 e. The molecule has 1 heterocycles. The lowest BCUT2D eigenvalue weighted by Gasteiger charge is -2.03. The highest BCUT2D eigenvalue weighted by Crippen LogP contribution is 2.32. The van der Waals surface area contributed by atoms with Crippen molar-refractivity contribution in [1.82, 2.24) is 0 Å². The van der Waals surface area contributed by atoms with Crippen molar-refractivity contribution in [3.8, 4) is 0 Å². The first kappa shape index (κ1) is 11.6. The lowest BCUT2D eigenvalue weighted by Crippen LogP contribution is -1.90. The molecule has 0 amide bonds. The second-order valence-electron chi connectivity index (χ2n) is 2.44. The first-order valence-corrected chi connectivity index (χ1v) is 5.85. The molecular formula is C8H9F2NOS2. The summed E-state index contributed by atoms with van der Waals surface area (Å²) in [5.74, 6) is 0.637. The third-order valence-electron chi connectivity index (χ3n) is 1.43. The molecule has 0 aliphatic carbocycles. The fourth-order valence-corrected chi connectivity index (χ4v) is 2.99. The van der Waals surface area contributed by atoms with Gasteiger partial charge in [-0.25, -0.2) is 0 Å². The Morgan fingerprint density at radius 2 is 2.50 bits per heavy atom. The molecule has 1 aliphatic heterocycles. The minimum Gasteiger partial charge on any atom is -0.410 e. The zero-order chi connectivity index (χ0) is 10.4. The fourth-order valence-electron chi connectivity index (χ4n) is 0.857. The molecule has 0 aromatic carbocycles. The van der Waals surface area contributed by atoms with E-state index in [1.807, 2.05) is 6.08 Å². The maximum Gasteiger partial charge on any atom is 0.266 e. The Morgan fingerprint density at radius 3 is 3.07 bits per heavy atom. The van der Waals surface area contributed by atoms with Gasteiger partial charge >= 0.3 is 0 Å². The summed E-state index contributed by atoms with van der Waals surface area (Å²) in [7, 11) is 0. The van der Waals surface area contributed by atoms with Gasteiger partial charge in [-0.15, -0.1) is 11.8 Å². The van der Waals surface area contributed by atoms with Crippen LogP contribution in [0.3, 0.4) is 0 Å². The van der Waals surface area contributed by atoms with Crippen LogP contribution in [0.5, 0.6) is 0 Å². The van der Waals surface area contributed by atoms with E-state index in [0.717, 1.165) is 6.08 Å². The van der Waals surface area contributed by atoms with Crippen LogP contribution in [0.1, 0.15) is 6.42 Å². The zero-order valence-electron chi connectivity index (χ0n) is 7.19. The highest BCUT2D eigenvalue weighted by molar-refractivity contribution is 8.25. The van der Waals surface area contributed by atoms with Gasteiger partial charge in [-0.05, 0) is 24.3 Å². The van der Waals surface area contributed by atoms with Gasteiger partial charge < -0.3 is 5.21 Å². The number of thioether (sulfide) groups is 2. The summed E-state index contributed by atoms with van der Waals surface area (Å²) in [6.45, 7) is 0. The summed E-state index contributed by atoms with van der Waals surface area (Å²) < 4.78 is 23.4. The molecule has 0 radical (unpaired) electrons. The molecule has 0 fully saturated rings. The van der Waals surface area contributed by atoms with Crippen LogP contribution in [0.25, 0.3) is 0 Å². The summed E-state index contributed by atoms with van der Waals surface area (Å²) in [4.78, 5) is 0. The normalized spacial score (nSPS) is 23.0. The maximum atomic E-state index is 11.6. The molecular weight excluding hydrogens is 228 g/mol. The number of nitrogens with zero attached hydrogens (tertiary/aromatic N) is 1. The molecule has 1 rings (SSSR count). The van der Waals surface area contributed by atoms with Crippen molar-refractivity contribution in [2.75, 3.05) is 5.75 Å². The van der Waals surface area contributed by atoms with Gasteiger partial charge in [0.2, 0.25) is 0 Å². The highest BCUT2D eigenvalue weighted by atomic mass is 32.2. The topological polar surface area (TPSA) is 32.6 Å². The Morgan fingerprint density at radius 1 is 1.71 bits per heavy atom. The Kier molecular flexibility index (Phi) is 5.03. The van der Waals surface area contributed by atoms with Gasteiger partial charge in [-0.3, -0.25) is 0 Å². The minimum atomic E-state index is -1.63. The molecule has 0 bridgehead atoms. The number of rotatable bonds is 4. The van der Waals surface area contributed by atoms with Crippen molar-refractivity contribution in [2.24, 2.45) is 5.16 Å². The molecule has 1 atom stereocenters. The summed E-state index contributed by atoms with van der Waals surface area (Å²) >= 11 is 2.96. The quantitative estimate of drug-likeness (QED) is 0.462. The fraction of sp³-hybridized carbons (Fsp3) is 0.375. The van der Waals surface area contributed by atoms with E-state index in [1.54, 1.807) is 17.8 Å². The average Bonchev–Trinajstić information content (AvgIpc) is 2.60. The number of allylic oxidation sites excluding steroid dienone is 1. The van der Waals surface area contributed by atoms with Crippen LogP contribution in [0.15, 0.2) is 29.5 Å². The Labute approximate surface area is 89.1 Å². The Balaban J connectivity index is 2.16. The van der Waals surface area contributed by atoms with Gasteiger partial charge in [-0.1, -0.05) is 23.0 Å². The lowest BCUT2D eigenvalue weighted by atomic mass is 10.5. The van der Waals surface area contributed by atoms with E-state index in [-0.39, 0.29) is 4.58 Å². The van der Waals surface area contributed by atoms with Gasteiger partial charge in [0.05, 0.1) is 4.58 Å². The lowest BCUT2D eigenvalue weighted by molar-refractivity contribution is 0.321. The predicted octanol–water partition coefficient (Wildman–Crippen LogP) is 3.31. The van der Waals surface area contributed by atoms with E-state index in [0.29, 0.717) is 17.2 Å². The molecule has 0 spiro atoms. The van der Waals surface area contributed by atoms with Crippen molar-refractivity contribution in [2.45, 2.75) is 11.0 Å². The third-order valence-corrected chi connectivity index (χ3v) is 3.93. The Hall–Kier alpha value is -0.490. The van der Waals surface area contributed by atoms with Gasteiger partial charge in [0.15, 0.2) is 0 Å². The van der Waals surface area contributed by atoms with Gasteiger partial charge in [-0.2, -0.15) is 8.78 Å². The van der Waals surface area contributed by atoms with Crippen molar-refractivity contribution < 1.29 is 14.0 Å². The molecule has 0 aromatic rings. The van der Waals surface area contributed by atoms with Crippen molar-refractivity contribution in [1.29, 1.82) is 0 Å². The molecule has 0 saturated heterocycles. The first-order chi connectivity index (χ1) is 6.72. The van der Waals surface area contributed by atoms with Crippen LogP contribution in [0.4, 0.5) is 8.78 Å². The van der Waals surface area contributed by atoms with Crippen molar-refractivity contribution >= 4 is 28.6 Å². The molecule has 1 N–H and O–H groups in total. The number of oxime groups is 1.